The fourth-order valence-electron chi connectivity index (χ4n) is 8.01. The molecule has 0 bridgehead atoms. The number of rotatable bonds is 7. The monoisotopic (exact) mass is 838 g/mol. The fourth-order valence-corrected chi connectivity index (χ4v) is 8.01. The summed E-state index contributed by atoms with van der Waals surface area (Å²) >= 11 is 0. The highest BCUT2D eigenvalue weighted by atomic mass is 16.6. The van der Waals surface area contributed by atoms with Crippen molar-refractivity contribution >= 4 is 41.4 Å². The molecule has 0 aliphatic carbocycles. The van der Waals surface area contributed by atoms with E-state index in [1.54, 1.807) is 20.8 Å². The predicted octanol–water partition coefficient (Wildman–Crippen LogP) is -0.696. The summed E-state index contributed by atoms with van der Waals surface area (Å²) in [4.78, 5) is 98.5. The van der Waals surface area contributed by atoms with Crippen LogP contribution in [0, 0.1) is 17.8 Å². The second-order valence-electron chi connectivity index (χ2n) is 17.1. The number of nitrogens with zero attached hydrogens (tertiary/aromatic N) is 4. The summed E-state index contributed by atoms with van der Waals surface area (Å²) in [6.45, 7) is 12.7. The van der Waals surface area contributed by atoms with E-state index in [9.17, 15) is 49.0 Å². The Balaban J connectivity index is 1.76. The molecular weight excluding hydrogens is 772 g/mol. The molecule has 4 aliphatic rings. The van der Waals surface area contributed by atoms with E-state index >= 15 is 0 Å². The Bertz CT molecular complexity index is 1580. The molecule has 59 heavy (non-hydrogen) atoms. The number of carbonyl (C=O) groups is 7. The zero-order valence-electron chi connectivity index (χ0n) is 35.9. The van der Waals surface area contributed by atoms with Crippen molar-refractivity contribution in [3.8, 4) is 0 Å². The fraction of sp³-hybridized carbons (Fsp3) is 0.821. The van der Waals surface area contributed by atoms with Gasteiger partial charge in [-0.1, -0.05) is 34.1 Å². The average molecular weight is 839 g/mol. The van der Waals surface area contributed by atoms with E-state index < -0.39 is 108 Å². The van der Waals surface area contributed by atoms with Crippen LogP contribution in [0.3, 0.4) is 0 Å². The highest BCUT2D eigenvalue weighted by Crippen LogP contribution is 2.40. The van der Waals surface area contributed by atoms with Crippen LogP contribution in [0.5, 0.6) is 0 Å². The second-order valence-corrected chi connectivity index (χ2v) is 17.1. The summed E-state index contributed by atoms with van der Waals surface area (Å²) in [7, 11) is 1.35. The quantitative estimate of drug-likeness (QED) is 0.124. The minimum Gasteiger partial charge on any atom is -0.458 e. The number of fused-ring (bicyclic) bond motifs is 2. The summed E-state index contributed by atoms with van der Waals surface area (Å²) in [6.07, 6.45) is 1.10. The third-order valence-electron chi connectivity index (χ3n) is 12.5. The van der Waals surface area contributed by atoms with Crippen LogP contribution >= 0.6 is 0 Å². The topological polar surface area (TPSA) is 260 Å². The lowest BCUT2D eigenvalue weighted by Gasteiger charge is -2.47. The van der Waals surface area contributed by atoms with Crippen LogP contribution in [-0.2, 0) is 43.0 Å². The van der Waals surface area contributed by atoms with Gasteiger partial charge >= 0.3 is 5.97 Å². The molecule has 4 rings (SSSR count). The Morgan fingerprint density at radius 1 is 0.932 bits per heavy atom. The van der Waals surface area contributed by atoms with Crippen molar-refractivity contribution in [1.82, 2.24) is 41.5 Å². The van der Waals surface area contributed by atoms with Gasteiger partial charge in [0.05, 0.1) is 12.6 Å². The zero-order valence-corrected chi connectivity index (χ0v) is 35.9. The maximum atomic E-state index is 14.8. The number of likely N-dealkylation sites (N-methyl/N-ethyl adjacent to an activating group) is 1. The SMILES string of the molecule is CC[C@H](C)C[C@H]1CC[C@](O)([C@](C)(O)C(=O)N[C@@H]2C(=O)N3NCCC[C@@H]3C(=O)N(O)[C@@H](C)C(=O)NCC(=O)N3NCCC[C@H]3C(=O)N(C)[C@H](C)C(=O)O[C@H]2C(C)C)O[C@@H]1C. The van der Waals surface area contributed by atoms with Crippen molar-refractivity contribution < 1.29 is 58.5 Å². The molecule has 4 saturated heterocycles. The van der Waals surface area contributed by atoms with Crippen LogP contribution in [0.1, 0.15) is 107 Å². The smallest absolute Gasteiger partial charge is 0.328 e. The molecule has 4 aliphatic heterocycles. The first-order valence-electron chi connectivity index (χ1n) is 20.9. The number of amides is 6. The number of nitrogens with one attached hydrogen (secondary N) is 4. The first kappa shape index (κ1) is 47.7. The van der Waals surface area contributed by atoms with E-state index in [4.69, 9.17) is 9.47 Å². The van der Waals surface area contributed by atoms with Gasteiger partial charge in [-0.3, -0.25) is 44.0 Å². The van der Waals surface area contributed by atoms with Gasteiger partial charge in [-0.25, -0.2) is 20.7 Å². The maximum Gasteiger partial charge on any atom is 0.328 e. The third kappa shape index (κ3) is 10.3. The molecule has 20 nitrogen and oxygen atoms in total. The van der Waals surface area contributed by atoms with Crippen molar-refractivity contribution in [1.29, 1.82) is 0 Å². The van der Waals surface area contributed by atoms with Gasteiger partial charge < -0.3 is 35.2 Å². The molecule has 4 heterocycles. The molecule has 0 unspecified atom stereocenters. The molecule has 20 heteroatoms. The van der Waals surface area contributed by atoms with Crippen LogP contribution in [0.2, 0.25) is 0 Å². The molecule has 0 aromatic carbocycles. The number of hydrazine groups is 2. The van der Waals surface area contributed by atoms with Gasteiger partial charge in [0.25, 0.3) is 23.6 Å². The molecule has 11 atom stereocenters. The van der Waals surface area contributed by atoms with Crippen molar-refractivity contribution in [2.45, 2.75) is 161 Å². The average Bonchev–Trinajstić information content (AvgIpc) is 3.22. The molecule has 7 N–H and O–H groups in total. The molecule has 0 saturated carbocycles. The predicted molar refractivity (Wildman–Crippen MR) is 209 cm³/mol. The lowest BCUT2D eigenvalue weighted by atomic mass is 9.79. The minimum absolute atomic E-state index is 0.00122. The third-order valence-corrected chi connectivity index (χ3v) is 12.5. The van der Waals surface area contributed by atoms with E-state index in [1.165, 1.54) is 20.9 Å². The number of cyclic esters (lactones) is 1. The maximum absolute atomic E-state index is 14.8. The van der Waals surface area contributed by atoms with Gasteiger partial charge in [-0.05, 0) is 84.0 Å². The van der Waals surface area contributed by atoms with E-state index in [0.29, 0.717) is 31.7 Å². The van der Waals surface area contributed by atoms with Gasteiger partial charge in [-0.15, -0.1) is 0 Å². The number of ether oxygens (including phenoxy) is 2. The zero-order chi connectivity index (χ0) is 44.1. The first-order valence-corrected chi connectivity index (χ1v) is 20.9. The van der Waals surface area contributed by atoms with Crippen LogP contribution in [0.4, 0.5) is 0 Å². The summed E-state index contributed by atoms with van der Waals surface area (Å²) in [5.41, 5.74) is 3.04. The standard InChI is InChI=1S/C39H66N8O12/c1-10-22(4)19-26-15-16-39(56,59-25(26)7)38(8,55)37(54)43-30-31(21(2)3)58-36(53)24(6)44(9)33(50)27-13-11-17-41-45(27)29(48)20-40-32(49)23(5)47(57)34(51)28-14-12-18-42-46(28)35(30)52/h21-28,30-31,41-42,55-57H,10-20H2,1-9H3,(H,40,49)(H,43,54)/t22-,23-,24+,25+,26+,27-,28+,30-,31-,38+,39+/m0/s1. The molecule has 334 valence electrons. The van der Waals surface area contributed by atoms with Crippen LogP contribution in [0.15, 0.2) is 0 Å². The number of aliphatic hydroxyl groups is 2. The van der Waals surface area contributed by atoms with E-state index in [1.807, 2.05) is 0 Å². The summed E-state index contributed by atoms with van der Waals surface area (Å²) in [5.74, 6) is -9.21. The Hall–Kier alpha value is -3.95. The summed E-state index contributed by atoms with van der Waals surface area (Å²) in [6, 6.07) is -7.19. The molecule has 6 amide bonds. The highest BCUT2D eigenvalue weighted by molar-refractivity contribution is 5.97. The second kappa shape index (κ2) is 19.6. The number of hydroxylamine groups is 2. The van der Waals surface area contributed by atoms with Gasteiger partial charge in [0.1, 0.15) is 36.3 Å². The minimum atomic E-state index is -2.66. The van der Waals surface area contributed by atoms with Crippen LogP contribution in [0.25, 0.3) is 0 Å². The number of carbonyl (C=O) groups excluding carboxylic acids is 7. The van der Waals surface area contributed by atoms with Crippen molar-refractivity contribution in [2.24, 2.45) is 17.8 Å². The summed E-state index contributed by atoms with van der Waals surface area (Å²) in [5, 5.41) is 41.7. The largest absolute Gasteiger partial charge is 0.458 e. The van der Waals surface area contributed by atoms with Crippen molar-refractivity contribution in [3.63, 3.8) is 0 Å². The number of hydrogen-bond donors (Lipinski definition) is 7. The van der Waals surface area contributed by atoms with Crippen LogP contribution < -0.4 is 21.5 Å². The Kier molecular flexibility index (Phi) is 15.9. The lowest BCUT2D eigenvalue weighted by molar-refractivity contribution is -0.326. The van der Waals surface area contributed by atoms with E-state index in [2.05, 4.69) is 35.3 Å². The summed E-state index contributed by atoms with van der Waals surface area (Å²) < 4.78 is 12.0. The molecule has 0 aromatic rings. The van der Waals surface area contributed by atoms with Gasteiger partial charge in [0, 0.05) is 26.6 Å². The Morgan fingerprint density at radius 3 is 2.10 bits per heavy atom. The van der Waals surface area contributed by atoms with Crippen molar-refractivity contribution in [2.75, 3.05) is 26.7 Å². The Labute approximate surface area is 345 Å². The Morgan fingerprint density at radius 2 is 1.53 bits per heavy atom. The van der Waals surface area contributed by atoms with Crippen LogP contribution in [-0.4, -0.2) is 157 Å². The lowest BCUT2D eigenvalue weighted by Crippen LogP contribution is -2.70. The van der Waals surface area contributed by atoms with Gasteiger partial charge in [-0.2, -0.15) is 0 Å². The highest BCUT2D eigenvalue weighted by Gasteiger charge is 2.57. The van der Waals surface area contributed by atoms with E-state index in [0.717, 1.165) is 34.7 Å². The molecule has 4 fully saturated rings. The number of hydrogen-bond acceptors (Lipinski definition) is 14. The number of esters is 1. The van der Waals surface area contributed by atoms with Gasteiger partial charge in [0.2, 0.25) is 17.6 Å². The van der Waals surface area contributed by atoms with Gasteiger partial charge in [0.15, 0.2) is 5.60 Å². The van der Waals surface area contributed by atoms with Crippen molar-refractivity contribution in [3.05, 3.63) is 0 Å². The van der Waals surface area contributed by atoms with E-state index in [-0.39, 0.29) is 36.8 Å². The molecule has 0 radical (unpaired) electrons. The molecular formula is C39H66N8O12. The molecule has 0 aromatic heterocycles. The first-order chi connectivity index (χ1) is 27.6. The normalized spacial score (nSPS) is 34.1. The molecule has 0 spiro atoms.